The average Bonchev–Trinajstić information content (AvgIpc) is 3.19. The van der Waals surface area contributed by atoms with E-state index in [1.165, 1.54) is 0 Å². The fourth-order valence-electron chi connectivity index (χ4n) is 4.14. The van der Waals surface area contributed by atoms with Crippen LogP contribution in [0.3, 0.4) is 0 Å². The lowest BCUT2D eigenvalue weighted by molar-refractivity contribution is -0.143. The molecule has 180 valence electrons. The molecule has 1 aliphatic carbocycles. The molecule has 0 saturated heterocycles. The van der Waals surface area contributed by atoms with Crippen molar-refractivity contribution in [2.75, 3.05) is 6.61 Å². The number of hydrogen-bond acceptors (Lipinski definition) is 8. The maximum atomic E-state index is 11.4. The van der Waals surface area contributed by atoms with Crippen LogP contribution in [0.1, 0.15) is 56.2 Å². The fourth-order valence-corrected chi connectivity index (χ4v) is 4.14. The molecule has 1 saturated carbocycles. The number of carboxylic acid groups (broad SMARTS) is 1. The minimum absolute atomic E-state index is 0.118. The number of nitrogens with zero attached hydrogens (tertiary/aromatic N) is 6. The molecule has 0 amide bonds. The van der Waals surface area contributed by atoms with E-state index in [0.29, 0.717) is 54.7 Å². The smallest absolute Gasteiger partial charge is 0.306 e. The molecule has 0 spiro atoms. The Morgan fingerprint density at radius 3 is 2.85 bits per heavy atom. The Hall–Kier alpha value is -3.56. The van der Waals surface area contributed by atoms with Crippen LogP contribution in [0.2, 0.25) is 0 Å². The number of aliphatic carboxylic acids is 1. The standard InChI is InChI=1S/C24H30N6O4/c1-4-12-33-22-10-11-25-21(27-22)14-19-23(28-29-30(19)3)18-8-9-20(15(2)26-18)34-17-7-5-6-16(13-17)24(31)32/h8-11,16-17H,4-7,12-14H2,1-3H3,(H,31,32)/t16-,17-/m0/s1. The van der Waals surface area contributed by atoms with Crippen molar-refractivity contribution in [3.63, 3.8) is 0 Å². The van der Waals surface area contributed by atoms with E-state index >= 15 is 0 Å². The molecule has 0 unspecified atom stereocenters. The number of rotatable bonds is 9. The Labute approximate surface area is 198 Å². The topological polar surface area (TPSA) is 125 Å². The first-order valence-electron chi connectivity index (χ1n) is 11.6. The summed E-state index contributed by atoms with van der Waals surface area (Å²) in [7, 11) is 1.83. The molecule has 10 nitrogen and oxygen atoms in total. The minimum Gasteiger partial charge on any atom is -0.489 e. The van der Waals surface area contributed by atoms with Gasteiger partial charge in [0.1, 0.15) is 17.3 Å². The molecular formula is C24H30N6O4. The zero-order valence-corrected chi connectivity index (χ0v) is 19.8. The summed E-state index contributed by atoms with van der Waals surface area (Å²) in [6.45, 7) is 4.53. The molecule has 3 heterocycles. The van der Waals surface area contributed by atoms with Crippen LogP contribution in [0, 0.1) is 12.8 Å². The predicted molar refractivity (Wildman–Crippen MR) is 124 cm³/mol. The van der Waals surface area contributed by atoms with E-state index in [0.717, 1.165) is 30.7 Å². The van der Waals surface area contributed by atoms with Crippen LogP contribution in [0.25, 0.3) is 11.4 Å². The highest BCUT2D eigenvalue weighted by atomic mass is 16.5. The van der Waals surface area contributed by atoms with E-state index < -0.39 is 5.97 Å². The Bertz CT molecular complexity index is 1150. The van der Waals surface area contributed by atoms with Gasteiger partial charge >= 0.3 is 5.97 Å². The van der Waals surface area contributed by atoms with E-state index in [-0.39, 0.29) is 12.0 Å². The van der Waals surface area contributed by atoms with Gasteiger partial charge in [-0.05, 0) is 51.2 Å². The summed E-state index contributed by atoms with van der Waals surface area (Å²) in [4.78, 5) is 24.9. The van der Waals surface area contributed by atoms with Crippen LogP contribution in [0.15, 0.2) is 24.4 Å². The minimum atomic E-state index is -0.750. The van der Waals surface area contributed by atoms with Crippen LogP contribution in [-0.4, -0.2) is 53.7 Å². The average molecular weight is 467 g/mol. The largest absolute Gasteiger partial charge is 0.489 e. The van der Waals surface area contributed by atoms with E-state index in [4.69, 9.17) is 14.5 Å². The van der Waals surface area contributed by atoms with Crippen molar-refractivity contribution in [1.29, 1.82) is 0 Å². The fraction of sp³-hybridized carbons (Fsp3) is 0.500. The summed E-state index contributed by atoms with van der Waals surface area (Å²) in [5, 5.41) is 17.8. The number of aryl methyl sites for hydroxylation is 2. The molecule has 1 aliphatic rings. The maximum Gasteiger partial charge on any atom is 0.306 e. The van der Waals surface area contributed by atoms with Crippen molar-refractivity contribution in [2.24, 2.45) is 13.0 Å². The van der Waals surface area contributed by atoms with Gasteiger partial charge in [-0.15, -0.1) is 5.10 Å². The lowest BCUT2D eigenvalue weighted by atomic mass is 9.87. The number of pyridine rings is 1. The Morgan fingerprint density at radius 1 is 1.24 bits per heavy atom. The van der Waals surface area contributed by atoms with Crippen LogP contribution >= 0.6 is 0 Å². The maximum absolute atomic E-state index is 11.4. The second kappa shape index (κ2) is 10.6. The van der Waals surface area contributed by atoms with Crippen molar-refractivity contribution >= 4 is 5.97 Å². The zero-order valence-electron chi connectivity index (χ0n) is 19.8. The van der Waals surface area contributed by atoms with Gasteiger partial charge in [-0.3, -0.25) is 9.48 Å². The number of aromatic nitrogens is 6. The molecule has 2 atom stereocenters. The van der Waals surface area contributed by atoms with E-state index in [1.807, 2.05) is 33.0 Å². The Balaban J connectivity index is 1.51. The third-order valence-corrected chi connectivity index (χ3v) is 5.95. The van der Waals surface area contributed by atoms with Crippen molar-refractivity contribution in [3.05, 3.63) is 41.6 Å². The third kappa shape index (κ3) is 5.49. The van der Waals surface area contributed by atoms with Gasteiger partial charge in [-0.1, -0.05) is 12.1 Å². The SMILES string of the molecule is CCCOc1ccnc(Cc2c(-c3ccc(O[C@H]4CCC[C@H](C(=O)O)C4)c(C)n3)nnn2C)n1. The summed E-state index contributed by atoms with van der Waals surface area (Å²) >= 11 is 0. The summed E-state index contributed by atoms with van der Waals surface area (Å²) in [5.41, 5.74) is 2.89. The number of carbonyl (C=O) groups is 1. The zero-order chi connectivity index (χ0) is 24.1. The second-order valence-corrected chi connectivity index (χ2v) is 8.57. The molecule has 34 heavy (non-hydrogen) atoms. The molecule has 10 heteroatoms. The molecule has 3 aromatic rings. The van der Waals surface area contributed by atoms with Crippen molar-refractivity contribution in [2.45, 2.75) is 58.5 Å². The van der Waals surface area contributed by atoms with Gasteiger partial charge in [0, 0.05) is 19.3 Å². The summed E-state index contributed by atoms with van der Waals surface area (Å²) in [5.74, 6) is 0.727. The lowest BCUT2D eigenvalue weighted by Gasteiger charge is -2.27. The van der Waals surface area contributed by atoms with Crippen LogP contribution in [-0.2, 0) is 18.3 Å². The molecule has 1 fully saturated rings. The number of carboxylic acids is 1. The van der Waals surface area contributed by atoms with Crippen LogP contribution in [0.4, 0.5) is 0 Å². The monoisotopic (exact) mass is 466 g/mol. The first-order chi connectivity index (χ1) is 16.4. The number of hydrogen-bond donors (Lipinski definition) is 1. The van der Waals surface area contributed by atoms with Crippen molar-refractivity contribution in [3.8, 4) is 23.0 Å². The first-order valence-corrected chi connectivity index (χ1v) is 11.6. The summed E-state index contributed by atoms with van der Waals surface area (Å²) < 4.78 is 13.5. The van der Waals surface area contributed by atoms with E-state index in [2.05, 4.69) is 20.3 Å². The third-order valence-electron chi connectivity index (χ3n) is 5.95. The van der Waals surface area contributed by atoms with Gasteiger partial charge in [-0.2, -0.15) is 4.98 Å². The van der Waals surface area contributed by atoms with Gasteiger partial charge < -0.3 is 14.6 Å². The molecule has 0 aliphatic heterocycles. The predicted octanol–water partition coefficient (Wildman–Crippen LogP) is 3.38. The van der Waals surface area contributed by atoms with Gasteiger partial charge in [0.15, 0.2) is 0 Å². The molecule has 3 aromatic heterocycles. The van der Waals surface area contributed by atoms with Gasteiger partial charge in [0.25, 0.3) is 0 Å². The van der Waals surface area contributed by atoms with E-state index in [1.54, 1.807) is 16.9 Å². The summed E-state index contributed by atoms with van der Waals surface area (Å²) in [6.07, 6.45) is 5.82. The van der Waals surface area contributed by atoms with Gasteiger partial charge in [0.05, 0.1) is 42.1 Å². The normalized spacial score (nSPS) is 18.0. The molecule has 0 radical (unpaired) electrons. The Morgan fingerprint density at radius 2 is 2.09 bits per heavy atom. The van der Waals surface area contributed by atoms with Gasteiger partial charge in [-0.25, -0.2) is 9.97 Å². The van der Waals surface area contributed by atoms with Crippen LogP contribution < -0.4 is 9.47 Å². The molecule has 1 N–H and O–H groups in total. The highest BCUT2D eigenvalue weighted by Crippen LogP contribution is 2.30. The van der Waals surface area contributed by atoms with Crippen molar-refractivity contribution in [1.82, 2.24) is 29.9 Å². The summed E-state index contributed by atoms with van der Waals surface area (Å²) in [6, 6.07) is 5.47. The Kier molecular flexibility index (Phi) is 7.34. The molecule has 4 rings (SSSR count). The number of ether oxygens (including phenoxy) is 2. The lowest BCUT2D eigenvalue weighted by Crippen LogP contribution is -2.29. The molecular weight excluding hydrogens is 436 g/mol. The molecule has 0 aromatic carbocycles. The van der Waals surface area contributed by atoms with Gasteiger partial charge in [0.2, 0.25) is 5.88 Å². The highest BCUT2D eigenvalue weighted by Gasteiger charge is 2.28. The highest BCUT2D eigenvalue weighted by molar-refractivity contribution is 5.70. The second-order valence-electron chi connectivity index (χ2n) is 8.57. The first kappa shape index (κ1) is 23.6. The molecule has 0 bridgehead atoms. The van der Waals surface area contributed by atoms with E-state index in [9.17, 15) is 9.90 Å². The quantitative estimate of drug-likeness (QED) is 0.505. The van der Waals surface area contributed by atoms with Crippen molar-refractivity contribution < 1.29 is 19.4 Å². The van der Waals surface area contributed by atoms with Crippen LogP contribution in [0.5, 0.6) is 11.6 Å².